The van der Waals surface area contributed by atoms with Gasteiger partial charge in [-0.05, 0) is 45.1 Å². The lowest BCUT2D eigenvalue weighted by atomic mass is 9.93. The van der Waals surface area contributed by atoms with Crippen LogP contribution in [0.2, 0.25) is 0 Å². The smallest absolute Gasteiger partial charge is 0.284 e. The molecule has 0 spiro atoms. The van der Waals surface area contributed by atoms with Crippen molar-refractivity contribution in [1.82, 2.24) is 3.96 Å². The molecule has 1 aliphatic rings. The quantitative estimate of drug-likeness (QED) is 0.893. The molecule has 0 radical (unpaired) electrons. The minimum Gasteiger partial charge on any atom is -0.393 e. The van der Waals surface area contributed by atoms with Crippen LogP contribution in [0.5, 0.6) is 0 Å². The third-order valence-electron chi connectivity index (χ3n) is 4.38. The van der Waals surface area contributed by atoms with E-state index in [0.29, 0.717) is 0 Å². The number of aliphatic hydroxyl groups excluding tert-OH is 1. The van der Waals surface area contributed by atoms with Gasteiger partial charge < -0.3 is 10.4 Å². The summed E-state index contributed by atoms with van der Waals surface area (Å²) in [6.07, 6.45) is 3.25. The van der Waals surface area contributed by atoms with Crippen LogP contribution in [0.4, 0.5) is 5.69 Å². The molecule has 1 aromatic carbocycles. The minimum atomic E-state index is -0.184. The molecule has 4 nitrogen and oxygen atoms in total. The lowest BCUT2D eigenvalue weighted by Gasteiger charge is -2.26. The molecule has 1 aromatic heterocycles. The monoisotopic (exact) mass is 332 g/mol. The molecule has 5 heteroatoms. The maximum atomic E-state index is 12.8. The highest BCUT2D eigenvalue weighted by atomic mass is 32.1. The summed E-state index contributed by atoms with van der Waals surface area (Å²) in [5.41, 5.74) is 1.86. The number of aliphatic hydroxyl groups is 1. The number of hydrogen-bond donors (Lipinski definition) is 2. The Balaban J connectivity index is 1.95. The predicted molar refractivity (Wildman–Crippen MR) is 96.3 cm³/mol. The minimum absolute atomic E-state index is 0.0648. The van der Waals surface area contributed by atoms with Crippen molar-refractivity contribution in [3.63, 3.8) is 0 Å². The molecule has 3 rings (SSSR count). The van der Waals surface area contributed by atoms with Crippen molar-refractivity contribution in [3.8, 4) is 10.4 Å². The maximum absolute atomic E-state index is 12.8. The molecule has 23 heavy (non-hydrogen) atoms. The van der Waals surface area contributed by atoms with Crippen molar-refractivity contribution in [3.05, 3.63) is 40.7 Å². The van der Waals surface area contributed by atoms with Crippen LogP contribution < -0.4 is 10.9 Å². The van der Waals surface area contributed by atoms with Crippen molar-refractivity contribution in [2.45, 2.75) is 57.7 Å². The zero-order valence-corrected chi connectivity index (χ0v) is 14.5. The molecular weight excluding hydrogens is 308 g/mol. The number of aromatic nitrogens is 1. The van der Waals surface area contributed by atoms with Crippen molar-refractivity contribution in [2.75, 3.05) is 5.32 Å². The van der Waals surface area contributed by atoms with Crippen molar-refractivity contribution < 1.29 is 5.11 Å². The second-order valence-electron chi connectivity index (χ2n) is 6.54. The molecule has 1 aliphatic carbocycles. The molecule has 0 atom stereocenters. The van der Waals surface area contributed by atoms with Gasteiger partial charge in [-0.25, -0.2) is 0 Å². The maximum Gasteiger partial charge on any atom is 0.284 e. The van der Waals surface area contributed by atoms with Gasteiger partial charge in [-0.2, -0.15) is 0 Å². The van der Waals surface area contributed by atoms with E-state index in [2.05, 4.69) is 5.32 Å². The van der Waals surface area contributed by atoms with Gasteiger partial charge in [-0.3, -0.25) is 8.75 Å². The van der Waals surface area contributed by atoms with E-state index >= 15 is 0 Å². The van der Waals surface area contributed by atoms with E-state index in [-0.39, 0.29) is 23.7 Å². The SMILES string of the molecule is CC(C)n1sc(-c2ccccc2)c(N[C@H]2CC[C@H](O)CC2)c1=O. The average molecular weight is 332 g/mol. The fourth-order valence-electron chi connectivity index (χ4n) is 3.07. The van der Waals surface area contributed by atoms with Crippen LogP contribution in [0.25, 0.3) is 10.4 Å². The van der Waals surface area contributed by atoms with Gasteiger partial charge in [0.25, 0.3) is 5.56 Å². The van der Waals surface area contributed by atoms with Crippen LogP contribution in [-0.4, -0.2) is 21.2 Å². The molecule has 1 heterocycles. The third-order valence-corrected chi connectivity index (χ3v) is 5.79. The zero-order chi connectivity index (χ0) is 16.4. The van der Waals surface area contributed by atoms with Gasteiger partial charge in [0.1, 0.15) is 5.69 Å². The topological polar surface area (TPSA) is 54.3 Å². The summed E-state index contributed by atoms with van der Waals surface area (Å²) < 4.78 is 1.84. The number of rotatable bonds is 4. The highest BCUT2D eigenvalue weighted by Crippen LogP contribution is 2.33. The first-order valence-corrected chi connectivity index (χ1v) is 9.09. The van der Waals surface area contributed by atoms with Crippen LogP contribution in [0.1, 0.15) is 45.6 Å². The predicted octanol–water partition coefficient (Wildman–Crippen LogP) is 3.87. The van der Waals surface area contributed by atoms with Gasteiger partial charge in [-0.1, -0.05) is 41.9 Å². The first kappa shape index (κ1) is 16.3. The van der Waals surface area contributed by atoms with Gasteiger partial charge in [0.05, 0.1) is 11.0 Å². The molecule has 1 saturated carbocycles. The van der Waals surface area contributed by atoms with E-state index in [9.17, 15) is 9.90 Å². The van der Waals surface area contributed by atoms with Crippen molar-refractivity contribution >= 4 is 17.2 Å². The Kier molecular flexibility index (Phi) is 4.87. The van der Waals surface area contributed by atoms with E-state index in [0.717, 1.165) is 41.8 Å². The standard InChI is InChI=1S/C18H24N2O2S/c1-12(2)20-18(22)16(19-14-8-10-15(21)11-9-14)17(23-20)13-6-4-3-5-7-13/h3-7,12,14-15,19,21H,8-11H2,1-2H3/t14-,15-. The Labute approximate surface area is 140 Å². The summed E-state index contributed by atoms with van der Waals surface area (Å²) in [7, 11) is 0. The highest BCUT2D eigenvalue weighted by Gasteiger charge is 2.24. The van der Waals surface area contributed by atoms with E-state index in [1.165, 1.54) is 11.5 Å². The molecule has 124 valence electrons. The largest absolute Gasteiger partial charge is 0.393 e. The number of anilines is 1. The van der Waals surface area contributed by atoms with Crippen molar-refractivity contribution in [2.24, 2.45) is 0 Å². The average Bonchev–Trinajstić information content (AvgIpc) is 2.88. The second-order valence-corrected chi connectivity index (χ2v) is 7.52. The molecule has 0 saturated heterocycles. The normalized spacial score (nSPS) is 21.6. The molecule has 1 fully saturated rings. The number of hydrogen-bond acceptors (Lipinski definition) is 4. The van der Waals surface area contributed by atoms with E-state index in [1.54, 1.807) is 0 Å². The molecular formula is C18H24N2O2S. The van der Waals surface area contributed by atoms with Gasteiger partial charge in [-0.15, -0.1) is 0 Å². The summed E-state index contributed by atoms with van der Waals surface area (Å²) in [5, 5.41) is 13.1. The van der Waals surface area contributed by atoms with Gasteiger partial charge >= 0.3 is 0 Å². The van der Waals surface area contributed by atoms with Crippen LogP contribution in [0.3, 0.4) is 0 Å². The third kappa shape index (κ3) is 3.51. The summed E-state index contributed by atoms with van der Waals surface area (Å²) in [6.45, 7) is 4.07. The lowest BCUT2D eigenvalue weighted by Crippen LogP contribution is -2.30. The van der Waals surface area contributed by atoms with Gasteiger partial charge in [0.15, 0.2) is 0 Å². The summed E-state index contributed by atoms with van der Waals surface area (Å²) in [5.74, 6) is 0. The van der Waals surface area contributed by atoms with E-state index in [1.807, 2.05) is 48.1 Å². The molecule has 0 amide bonds. The first-order chi connectivity index (χ1) is 11.1. The molecule has 2 aromatic rings. The van der Waals surface area contributed by atoms with Crippen LogP contribution in [0.15, 0.2) is 35.1 Å². The van der Waals surface area contributed by atoms with E-state index < -0.39 is 0 Å². The lowest BCUT2D eigenvalue weighted by molar-refractivity contribution is 0.126. The summed E-state index contributed by atoms with van der Waals surface area (Å²) >= 11 is 1.53. The fourth-order valence-corrected chi connectivity index (χ4v) is 4.13. The highest BCUT2D eigenvalue weighted by molar-refractivity contribution is 7.11. The van der Waals surface area contributed by atoms with Gasteiger partial charge in [0.2, 0.25) is 0 Å². The second kappa shape index (κ2) is 6.89. The summed E-state index contributed by atoms with van der Waals surface area (Å²) in [6, 6.07) is 10.5. The first-order valence-electron chi connectivity index (χ1n) is 8.32. The molecule has 0 bridgehead atoms. The number of nitrogens with one attached hydrogen (secondary N) is 1. The number of benzene rings is 1. The van der Waals surface area contributed by atoms with Crippen molar-refractivity contribution in [1.29, 1.82) is 0 Å². The van der Waals surface area contributed by atoms with Crippen LogP contribution in [-0.2, 0) is 0 Å². The zero-order valence-electron chi connectivity index (χ0n) is 13.7. The Morgan fingerprint density at radius 2 is 1.83 bits per heavy atom. The summed E-state index contributed by atoms with van der Waals surface area (Å²) in [4.78, 5) is 13.8. The fraction of sp³-hybridized carbons (Fsp3) is 0.500. The van der Waals surface area contributed by atoms with Crippen LogP contribution >= 0.6 is 11.5 Å². The Morgan fingerprint density at radius 3 is 2.43 bits per heavy atom. The van der Waals surface area contributed by atoms with Gasteiger partial charge in [0, 0.05) is 12.1 Å². The molecule has 2 N–H and O–H groups in total. The van der Waals surface area contributed by atoms with E-state index in [4.69, 9.17) is 0 Å². The Hall–Kier alpha value is -1.59. The molecule has 0 aliphatic heterocycles. The Morgan fingerprint density at radius 1 is 1.17 bits per heavy atom. The Bertz CT molecular complexity index is 698. The molecule has 0 unspecified atom stereocenters. The number of nitrogens with zero attached hydrogens (tertiary/aromatic N) is 1. The van der Waals surface area contributed by atoms with Crippen LogP contribution in [0, 0.1) is 0 Å².